The Morgan fingerprint density at radius 2 is 2.03 bits per heavy atom. The Hall–Kier alpha value is -1.75. The molecule has 1 aromatic rings. The van der Waals surface area contributed by atoms with Crippen LogP contribution in [0.3, 0.4) is 0 Å². The van der Waals surface area contributed by atoms with E-state index in [0.717, 1.165) is 0 Å². The standard InChI is InChI=1S/C20H34N2O7Si/c1-8-27-16(24)9-13(23)17-14(29-30(6,7)20(3,4)5)10-15(28-17)22-11-12(2)18(25)21-19(22)26/h11,13-15,17,23H,8-10H2,1-7H3,(H,21,25,26)/t13-,14-,15+,17+/m0/s1. The molecule has 0 aromatic carbocycles. The number of rotatable bonds is 7. The molecule has 4 atom stereocenters. The summed E-state index contributed by atoms with van der Waals surface area (Å²) in [6.07, 6.45) is -1.69. The van der Waals surface area contributed by atoms with Crippen molar-refractivity contribution in [1.82, 2.24) is 9.55 Å². The lowest BCUT2D eigenvalue weighted by Crippen LogP contribution is -2.48. The van der Waals surface area contributed by atoms with Gasteiger partial charge in [0.1, 0.15) is 12.3 Å². The summed E-state index contributed by atoms with van der Waals surface area (Å²) in [5.74, 6) is -0.528. The molecule has 1 saturated heterocycles. The molecule has 10 heteroatoms. The number of H-pyrrole nitrogens is 1. The van der Waals surface area contributed by atoms with Crippen LogP contribution in [0.5, 0.6) is 0 Å². The summed E-state index contributed by atoms with van der Waals surface area (Å²) in [6.45, 7) is 14.0. The van der Waals surface area contributed by atoms with Crippen molar-refractivity contribution >= 4 is 14.3 Å². The molecule has 1 aromatic heterocycles. The maximum Gasteiger partial charge on any atom is 0.330 e. The van der Waals surface area contributed by atoms with Crippen molar-refractivity contribution in [3.8, 4) is 0 Å². The number of aromatic amines is 1. The van der Waals surface area contributed by atoms with Gasteiger partial charge in [-0.25, -0.2) is 4.79 Å². The van der Waals surface area contributed by atoms with Crippen LogP contribution in [-0.4, -0.2) is 53.9 Å². The van der Waals surface area contributed by atoms with Crippen LogP contribution in [0.15, 0.2) is 15.8 Å². The quantitative estimate of drug-likeness (QED) is 0.488. The SMILES string of the molecule is CCOC(=O)C[C@H](O)[C@H]1O[C@@H](n2cc(C)c(=O)[nH]c2=O)C[C@@H]1O[Si](C)(C)C(C)(C)C. The summed E-state index contributed by atoms with van der Waals surface area (Å²) in [6, 6.07) is 0. The van der Waals surface area contributed by atoms with Gasteiger partial charge in [0.05, 0.1) is 25.2 Å². The Morgan fingerprint density at radius 1 is 1.40 bits per heavy atom. The molecule has 0 saturated carbocycles. The molecule has 1 fully saturated rings. The number of aryl methyl sites for hydroxylation is 1. The van der Waals surface area contributed by atoms with Crippen LogP contribution in [0.4, 0.5) is 0 Å². The minimum absolute atomic E-state index is 0.0763. The number of nitrogens with one attached hydrogen (secondary N) is 1. The fourth-order valence-corrected chi connectivity index (χ4v) is 4.49. The van der Waals surface area contributed by atoms with E-state index in [1.54, 1.807) is 13.8 Å². The molecule has 0 bridgehead atoms. The molecule has 2 rings (SSSR count). The van der Waals surface area contributed by atoms with E-state index < -0.39 is 50.1 Å². The minimum atomic E-state index is -2.23. The fraction of sp³-hybridized carbons (Fsp3) is 0.750. The second kappa shape index (κ2) is 9.17. The van der Waals surface area contributed by atoms with Crippen LogP contribution in [0.2, 0.25) is 18.1 Å². The second-order valence-electron chi connectivity index (χ2n) is 9.26. The number of hydrogen-bond donors (Lipinski definition) is 2. The van der Waals surface area contributed by atoms with Crippen molar-refractivity contribution in [3.63, 3.8) is 0 Å². The van der Waals surface area contributed by atoms with Crippen LogP contribution in [0.1, 0.15) is 52.3 Å². The molecule has 1 aliphatic heterocycles. The number of aliphatic hydroxyl groups is 1. The number of aromatic nitrogens is 2. The zero-order chi connectivity index (χ0) is 22.9. The number of nitrogens with zero attached hydrogens (tertiary/aromatic N) is 1. The highest BCUT2D eigenvalue weighted by Gasteiger charge is 2.47. The van der Waals surface area contributed by atoms with Crippen LogP contribution in [0.25, 0.3) is 0 Å². The molecule has 0 radical (unpaired) electrons. The summed E-state index contributed by atoms with van der Waals surface area (Å²) < 4.78 is 18.8. The van der Waals surface area contributed by atoms with E-state index in [9.17, 15) is 19.5 Å². The van der Waals surface area contributed by atoms with E-state index in [4.69, 9.17) is 13.9 Å². The van der Waals surface area contributed by atoms with Crippen LogP contribution in [0, 0.1) is 6.92 Å². The predicted octanol–water partition coefficient (Wildman–Crippen LogP) is 1.84. The average Bonchev–Trinajstić information content (AvgIpc) is 3.00. The van der Waals surface area contributed by atoms with Crippen molar-refractivity contribution in [2.45, 2.75) is 90.1 Å². The van der Waals surface area contributed by atoms with Gasteiger partial charge < -0.3 is 19.0 Å². The van der Waals surface area contributed by atoms with Crippen LogP contribution in [-0.2, 0) is 18.7 Å². The third kappa shape index (κ3) is 5.48. The minimum Gasteiger partial charge on any atom is -0.466 e. The Morgan fingerprint density at radius 3 is 2.60 bits per heavy atom. The van der Waals surface area contributed by atoms with E-state index in [1.165, 1.54) is 10.8 Å². The maximum absolute atomic E-state index is 12.3. The van der Waals surface area contributed by atoms with Gasteiger partial charge in [-0.3, -0.25) is 19.1 Å². The third-order valence-electron chi connectivity index (χ3n) is 5.88. The van der Waals surface area contributed by atoms with Crippen molar-refractivity contribution in [2.75, 3.05) is 6.61 Å². The zero-order valence-electron chi connectivity index (χ0n) is 18.9. The number of carbonyl (C=O) groups is 1. The molecule has 0 amide bonds. The number of aliphatic hydroxyl groups excluding tert-OH is 1. The summed E-state index contributed by atoms with van der Waals surface area (Å²) in [7, 11) is -2.23. The lowest BCUT2D eigenvalue weighted by molar-refractivity contribution is -0.149. The van der Waals surface area contributed by atoms with Gasteiger partial charge in [0, 0.05) is 18.2 Å². The summed E-state index contributed by atoms with van der Waals surface area (Å²) in [5.41, 5.74) is -0.681. The lowest BCUT2D eigenvalue weighted by atomic mass is 10.1. The summed E-state index contributed by atoms with van der Waals surface area (Å²) >= 11 is 0. The smallest absolute Gasteiger partial charge is 0.330 e. The van der Waals surface area contributed by atoms with Gasteiger partial charge >= 0.3 is 11.7 Å². The van der Waals surface area contributed by atoms with E-state index >= 15 is 0 Å². The van der Waals surface area contributed by atoms with Gasteiger partial charge in [-0.1, -0.05) is 20.8 Å². The molecule has 1 aliphatic rings. The second-order valence-corrected chi connectivity index (χ2v) is 14.0. The van der Waals surface area contributed by atoms with Gasteiger partial charge in [0.25, 0.3) is 5.56 Å². The monoisotopic (exact) mass is 442 g/mol. The van der Waals surface area contributed by atoms with Gasteiger partial charge in [-0.2, -0.15) is 0 Å². The van der Waals surface area contributed by atoms with Crippen LogP contribution >= 0.6 is 0 Å². The molecular weight excluding hydrogens is 408 g/mol. The highest BCUT2D eigenvalue weighted by Crippen LogP contribution is 2.41. The number of ether oxygens (including phenoxy) is 2. The van der Waals surface area contributed by atoms with E-state index in [-0.39, 0.29) is 18.1 Å². The van der Waals surface area contributed by atoms with E-state index in [0.29, 0.717) is 12.0 Å². The van der Waals surface area contributed by atoms with Gasteiger partial charge in [0.15, 0.2) is 8.32 Å². The van der Waals surface area contributed by atoms with Gasteiger partial charge in [-0.15, -0.1) is 0 Å². The highest BCUT2D eigenvalue weighted by atomic mass is 28.4. The molecule has 2 N–H and O–H groups in total. The van der Waals surface area contributed by atoms with Crippen molar-refractivity contribution in [3.05, 3.63) is 32.6 Å². The molecule has 30 heavy (non-hydrogen) atoms. The first-order valence-corrected chi connectivity index (χ1v) is 13.2. The first-order valence-electron chi connectivity index (χ1n) is 10.3. The highest BCUT2D eigenvalue weighted by molar-refractivity contribution is 6.74. The average molecular weight is 443 g/mol. The maximum atomic E-state index is 12.3. The summed E-state index contributed by atoms with van der Waals surface area (Å²) in [4.78, 5) is 38.2. The predicted molar refractivity (Wildman–Crippen MR) is 114 cm³/mol. The Balaban J connectivity index is 2.33. The lowest BCUT2D eigenvalue weighted by Gasteiger charge is -2.39. The van der Waals surface area contributed by atoms with E-state index in [2.05, 4.69) is 38.8 Å². The fourth-order valence-electron chi connectivity index (χ4n) is 3.15. The Kier molecular flexibility index (Phi) is 7.49. The molecule has 0 spiro atoms. The largest absolute Gasteiger partial charge is 0.466 e. The Labute approximate surface area is 177 Å². The number of carbonyl (C=O) groups excluding carboxylic acids is 1. The van der Waals surface area contributed by atoms with E-state index in [1.807, 2.05) is 0 Å². The zero-order valence-corrected chi connectivity index (χ0v) is 19.9. The molecular formula is C20H34N2O7Si. The first kappa shape index (κ1) is 24.5. The topological polar surface area (TPSA) is 120 Å². The van der Waals surface area contributed by atoms with Crippen molar-refractivity contribution in [1.29, 1.82) is 0 Å². The number of hydrogen-bond acceptors (Lipinski definition) is 7. The number of esters is 1. The Bertz CT molecular complexity index is 871. The third-order valence-corrected chi connectivity index (χ3v) is 10.4. The first-order chi connectivity index (χ1) is 13.8. The van der Waals surface area contributed by atoms with Crippen molar-refractivity contribution in [2.24, 2.45) is 0 Å². The summed E-state index contributed by atoms with van der Waals surface area (Å²) in [5, 5.41) is 10.6. The van der Waals surface area contributed by atoms with Gasteiger partial charge in [-0.05, 0) is 32.0 Å². The normalized spacial score (nSPS) is 23.4. The molecule has 0 aliphatic carbocycles. The molecule has 9 nitrogen and oxygen atoms in total. The molecule has 2 heterocycles. The van der Waals surface area contributed by atoms with Gasteiger partial charge in [0.2, 0.25) is 0 Å². The van der Waals surface area contributed by atoms with Crippen molar-refractivity contribution < 1.29 is 23.8 Å². The molecule has 0 unspecified atom stereocenters. The van der Waals surface area contributed by atoms with Crippen LogP contribution < -0.4 is 11.2 Å². The molecule has 170 valence electrons.